The van der Waals surface area contributed by atoms with Crippen molar-refractivity contribution in [2.75, 3.05) is 19.0 Å². The number of halogens is 1. The molecule has 1 rings (SSSR count). The van der Waals surface area contributed by atoms with E-state index in [1.54, 1.807) is 12.1 Å². The second kappa shape index (κ2) is 6.88. The molecular formula is C15H20FN3O2. The maximum absolute atomic E-state index is 13.4. The van der Waals surface area contributed by atoms with Crippen LogP contribution in [0.3, 0.4) is 0 Å². The Morgan fingerprint density at radius 1 is 1.43 bits per heavy atom. The zero-order valence-corrected chi connectivity index (χ0v) is 12.6. The molecule has 0 aliphatic rings. The third-order valence-corrected chi connectivity index (χ3v) is 3.14. The van der Waals surface area contributed by atoms with E-state index in [9.17, 15) is 14.3 Å². The Hall–Kier alpha value is -2.37. The minimum absolute atomic E-state index is 0.377. The molecule has 0 aromatic heterocycles. The first-order valence-corrected chi connectivity index (χ1v) is 6.48. The van der Waals surface area contributed by atoms with Crippen LogP contribution in [0.4, 0.5) is 10.1 Å². The third kappa shape index (κ3) is 3.59. The number of anilines is 1. The molecule has 0 bridgehead atoms. The van der Waals surface area contributed by atoms with Crippen LogP contribution >= 0.6 is 0 Å². The van der Waals surface area contributed by atoms with Gasteiger partial charge in [0.2, 0.25) is 0 Å². The highest BCUT2D eigenvalue weighted by molar-refractivity contribution is 6.26. The van der Waals surface area contributed by atoms with Crippen molar-refractivity contribution in [3.8, 4) is 0 Å². The Kier molecular flexibility index (Phi) is 5.46. The number of aryl methyl sites for hydroxylation is 1. The van der Waals surface area contributed by atoms with Crippen molar-refractivity contribution in [3.05, 3.63) is 41.3 Å². The zero-order chi connectivity index (χ0) is 16.2. The van der Waals surface area contributed by atoms with Crippen molar-refractivity contribution < 1.29 is 14.3 Å². The molecule has 0 aliphatic heterocycles. The smallest absolute Gasteiger partial charge is 0.265 e. The maximum Gasteiger partial charge on any atom is 0.265 e. The summed E-state index contributed by atoms with van der Waals surface area (Å²) < 4.78 is 13.4. The van der Waals surface area contributed by atoms with Crippen molar-refractivity contribution in [1.29, 1.82) is 5.41 Å². The van der Waals surface area contributed by atoms with Crippen molar-refractivity contribution in [3.63, 3.8) is 0 Å². The van der Waals surface area contributed by atoms with Crippen LogP contribution in [0.5, 0.6) is 0 Å². The second-order valence-corrected chi connectivity index (χ2v) is 4.65. The van der Waals surface area contributed by atoms with E-state index in [2.05, 4.69) is 5.32 Å². The van der Waals surface area contributed by atoms with E-state index < -0.39 is 23.7 Å². The number of carbonyl (C=O) groups is 1. The Bertz CT molecular complexity index is 582. The quantitative estimate of drug-likeness (QED) is 0.443. The van der Waals surface area contributed by atoms with Gasteiger partial charge >= 0.3 is 0 Å². The molecule has 1 aromatic carbocycles. The van der Waals surface area contributed by atoms with Crippen LogP contribution in [-0.4, -0.2) is 37.0 Å². The van der Waals surface area contributed by atoms with E-state index in [1.165, 1.54) is 19.0 Å². The van der Waals surface area contributed by atoms with Crippen LogP contribution < -0.4 is 10.2 Å². The van der Waals surface area contributed by atoms with E-state index in [0.717, 1.165) is 12.5 Å². The van der Waals surface area contributed by atoms with Gasteiger partial charge in [-0.1, -0.05) is 18.2 Å². The van der Waals surface area contributed by atoms with Crippen molar-refractivity contribution in [2.24, 2.45) is 0 Å². The summed E-state index contributed by atoms with van der Waals surface area (Å²) in [6, 6.07) is 7.19. The molecule has 3 N–H and O–H groups in total. The van der Waals surface area contributed by atoms with Gasteiger partial charge in [-0.05, 0) is 25.5 Å². The Labute approximate surface area is 123 Å². The number of carbonyl (C=O) groups excluding carboxylic acids is 1. The van der Waals surface area contributed by atoms with Crippen LogP contribution in [0.25, 0.3) is 0 Å². The van der Waals surface area contributed by atoms with E-state index in [-0.39, 0.29) is 5.57 Å². The van der Waals surface area contributed by atoms with Crippen LogP contribution in [0.15, 0.2) is 35.7 Å². The number of likely N-dealkylation sites (N-methyl/N-ethyl adjacent to an activating group) is 1. The fraction of sp³-hybridized carbons (Fsp3) is 0.333. The molecule has 1 atom stereocenters. The summed E-state index contributed by atoms with van der Waals surface area (Å²) in [5.41, 5.74) is 0.547. The largest absolute Gasteiger partial charge is 0.494 e. The first-order valence-electron chi connectivity index (χ1n) is 6.48. The molecule has 0 aliphatic carbocycles. The summed E-state index contributed by atoms with van der Waals surface area (Å²) >= 11 is 0. The molecule has 0 fully saturated rings. The number of nitrogens with one attached hydrogen (secondary N) is 2. The number of para-hydroxylation sites is 1. The molecule has 0 radical (unpaired) electrons. The molecule has 21 heavy (non-hydrogen) atoms. The molecule has 5 nitrogen and oxygen atoms in total. The van der Waals surface area contributed by atoms with Gasteiger partial charge in [0, 0.05) is 19.8 Å². The van der Waals surface area contributed by atoms with Gasteiger partial charge in [0.15, 0.2) is 5.88 Å². The topological polar surface area (TPSA) is 76.4 Å². The molecule has 0 saturated heterocycles. The van der Waals surface area contributed by atoms with E-state index in [1.807, 2.05) is 19.1 Å². The predicted octanol–water partition coefficient (Wildman–Crippen LogP) is 2.32. The lowest BCUT2D eigenvalue weighted by molar-refractivity contribution is -0.114. The lowest BCUT2D eigenvalue weighted by Crippen LogP contribution is -2.35. The molecule has 1 aromatic rings. The zero-order valence-electron chi connectivity index (χ0n) is 12.6. The molecular weight excluding hydrogens is 273 g/mol. The van der Waals surface area contributed by atoms with Gasteiger partial charge in [-0.15, -0.1) is 0 Å². The summed E-state index contributed by atoms with van der Waals surface area (Å²) in [6.07, 6.45) is -1.66. The first-order chi connectivity index (χ1) is 9.81. The highest BCUT2D eigenvalue weighted by Gasteiger charge is 2.27. The Balaban J connectivity index is 3.25. The van der Waals surface area contributed by atoms with Gasteiger partial charge in [0.25, 0.3) is 5.91 Å². The summed E-state index contributed by atoms with van der Waals surface area (Å²) in [5.74, 6) is -1.17. The SMILES string of the molecule is CN/C(O)=C(\C(=N)C(C)F)C(=O)N(C)c1ccccc1C. The first kappa shape index (κ1) is 16.7. The highest BCUT2D eigenvalue weighted by atomic mass is 19.1. The van der Waals surface area contributed by atoms with Crippen molar-refractivity contribution in [2.45, 2.75) is 20.0 Å². The van der Waals surface area contributed by atoms with Crippen molar-refractivity contribution in [1.82, 2.24) is 5.32 Å². The summed E-state index contributed by atoms with van der Waals surface area (Å²) in [7, 11) is 2.91. The lowest BCUT2D eigenvalue weighted by Gasteiger charge is -2.22. The molecule has 6 heteroatoms. The average molecular weight is 293 g/mol. The average Bonchev–Trinajstić information content (AvgIpc) is 2.46. The maximum atomic E-state index is 13.4. The minimum Gasteiger partial charge on any atom is -0.494 e. The minimum atomic E-state index is -1.66. The van der Waals surface area contributed by atoms with E-state index >= 15 is 0 Å². The van der Waals surface area contributed by atoms with Gasteiger partial charge < -0.3 is 20.7 Å². The molecule has 0 saturated carbocycles. The third-order valence-electron chi connectivity index (χ3n) is 3.14. The fourth-order valence-electron chi connectivity index (χ4n) is 1.88. The number of amides is 1. The Morgan fingerprint density at radius 3 is 2.48 bits per heavy atom. The number of rotatable bonds is 5. The highest BCUT2D eigenvalue weighted by Crippen LogP contribution is 2.21. The number of hydrogen-bond donors (Lipinski definition) is 3. The number of nitrogens with zero attached hydrogens (tertiary/aromatic N) is 1. The van der Waals surface area contributed by atoms with Crippen molar-refractivity contribution >= 4 is 17.3 Å². The van der Waals surface area contributed by atoms with Crippen LogP contribution in [0.1, 0.15) is 12.5 Å². The van der Waals surface area contributed by atoms with Gasteiger partial charge in [-0.25, -0.2) is 4.39 Å². The number of aliphatic hydroxyl groups is 1. The molecule has 114 valence electrons. The predicted molar refractivity (Wildman–Crippen MR) is 81.6 cm³/mol. The van der Waals surface area contributed by atoms with E-state index in [4.69, 9.17) is 5.41 Å². The Morgan fingerprint density at radius 2 is 2.00 bits per heavy atom. The van der Waals surface area contributed by atoms with Gasteiger partial charge in [0.1, 0.15) is 11.7 Å². The molecule has 1 unspecified atom stereocenters. The number of aliphatic hydroxyl groups excluding tert-OH is 1. The summed E-state index contributed by atoms with van der Waals surface area (Å²) in [4.78, 5) is 13.8. The van der Waals surface area contributed by atoms with Crippen LogP contribution in [0, 0.1) is 12.3 Å². The van der Waals surface area contributed by atoms with Gasteiger partial charge in [-0.2, -0.15) is 0 Å². The van der Waals surface area contributed by atoms with Gasteiger partial charge in [-0.3, -0.25) is 4.79 Å². The number of hydrogen-bond acceptors (Lipinski definition) is 4. The van der Waals surface area contributed by atoms with E-state index in [0.29, 0.717) is 5.69 Å². The second-order valence-electron chi connectivity index (χ2n) is 4.65. The summed E-state index contributed by atoms with van der Waals surface area (Å²) in [5, 5.41) is 19.9. The summed E-state index contributed by atoms with van der Waals surface area (Å²) in [6.45, 7) is 2.98. The molecule has 0 heterocycles. The fourth-order valence-corrected chi connectivity index (χ4v) is 1.88. The number of benzene rings is 1. The van der Waals surface area contributed by atoms with Gasteiger partial charge in [0.05, 0.1) is 5.71 Å². The lowest BCUT2D eigenvalue weighted by atomic mass is 10.1. The standard InChI is InChI=1S/C15H20FN3O2/c1-9-7-5-6-8-11(9)19(4)15(21)12(14(20)18-3)13(17)10(2)16/h5-8,10,17-18,20H,1-4H3/b14-12-,17-13?. The van der Waals surface area contributed by atoms with Crippen LogP contribution in [0.2, 0.25) is 0 Å². The molecule has 1 amide bonds. The number of alkyl halides is 1. The van der Waals surface area contributed by atoms with Crippen LogP contribution in [-0.2, 0) is 4.79 Å². The normalized spacial score (nSPS) is 13.2. The monoisotopic (exact) mass is 293 g/mol. The molecule has 0 spiro atoms.